The zero-order valence-electron chi connectivity index (χ0n) is 11.2. The fraction of sp³-hybridized carbons (Fsp3) is 0.0625. The van der Waals surface area contributed by atoms with Gasteiger partial charge >= 0.3 is 0 Å². The molecule has 3 nitrogen and oxygen atoms in total. The molecule has 3 aromatic rings. The van der Waals surface area contributed by atoms with Crippen LogP contribution in [0.3, 0.4) is 0 Å². The SMILES string of the molecule is Cc1ccc(-c2onc(N)c2-c2ccccc2Cl)c(F)c1. The summed E-state index contributed by atoms with van der Waals surface area (Å²) in [6, 6.07) is 12.0. The number of hydrogen-bond acceptors (Lipinski definition) is 3. The second-order valence-corrected chi connectivity index (χ2v) is 5.14. The van der Waals surface area contributed by atoms with Crippen molar-refractivity contribution in [2.24, 2.45) is 0 Å². The van der Waals surface area contributed by atoms with E-state index in [1.54, 1.807) is 24.3 Å². The third-order valence-electron chi connectivity index (χ3n) is 3.23. The number of benzene rings is 2. The Labute approximate surface area is 126 Å². The van der Waals surface area contributed by atoms with Crippen molar-refractivity contribution < 1.29 is 8.91 Å². The Morgan fingerprint density at radius 1 is 1.14 bits per heavy atom. The third kappa shape index (κ3) is 2.38. The van der Waals surface area contributed by atoms with Gasteiger partial charge in [-0.1, -0.05) is 41.0 Å². The molecule has 0 saturated carbocycles. The largest absolute Gasteiger partial charge is 0.380 e. The van der Waals surface area contributed by atoms with Crippen molar-refractivity contribution in [3.8, 4) is 22.5 Å². The van der Waals surface area contributed by atoms with Crippen molar-refractivity contribution in [2.75, 3.05) is 5.73 Å². The lowest BCUT2D eigenvalue weighted by Gasteiger charge is -2.06. The lowest BCUT2D eigenvalue weighted by molar-refractivity contribution is 0.433. The highest BCUT2D eigenvalue weighted by molar-refractivity contribution is 6.33. The summed E-state index contributed by atoms with van der Waals surface area (Å²) in [5.41, 5.74) is 8.16. The molecule has 106 valence electrons. The first-order chi connectivity index (χ1) is 10.1. The first kappa shape index (κ1) is 13.6. The van der Waals surface area contributed by atoms with E-state index >= 15 is 0 Å². The lowest BCUT2D eigenvalue weighted by atomic mass is 10.0. The molecular formula is C16H12ClFN2O. The van der Waals surface area contributed by atoms with E-state index in [0.717, 1.165) is 5.56 Å². The number of halogens is 2. The highest BCUT2D eigenvalue weighted by Crippen LogP contribution is 2.40. The normalized spacial score (nSPS) is 10.8. The summed E-state index contributed by atoms with van der Waals surface area (Å²) in [5.74, 6) is 0.0654. The molecule has 5 heteroatoms. The minimum Gasteiger partial charge on any atom is -0.380 e. The average Bonchev–Trinajstić information content (AvgIpc) is 2.81. The maximum Gasteiger partial charge on any atom is 0.179 e. The van der Waals surface area contributed by atoms with Crippen LogP contribution in [0.4, 0.5) is 10.2 Å². The molecule has 0 bridgehead atoms. The van der Waals surface area contributed by atoms with Gasteiger partial charge in [0, 0.05) is 10.6 Å². The second-order valence-electron chi connectivity index (χ2n) is 4.74. The minimum absolute atomic E-state index is 0.179. The Hall–Kier alpha value is -2.33. The lowest BCUT2D eigenvalue weighted by Crippen LogP contribution is -1.91. The van der Waals surface area contributed by atoms with E-state index in [1.807, 2.05) is 19.1 Å². The summed E-state index contributed by atoms with van der Waals surface area (Å²) in [6.07, 6.45) is 0. The van der Waals surface area contributed by atoms with Crippen molar-refractivity contribution >= 4 is 17.4 Å². The van der Waals surface area contributed by atoms with Crippen LogP contribution in [-0.2, 0) is 0 Å². The molecular weight excluding hydrogens is 291 g/mol. The molecule has 0 radical (unpaired) electrons. The van der Waals surface area contributed by atoms with E-state index in [0.29, 0.717) is 21.7 Å². The summed E-state index contributed by atoms with van der Waals surface area (Å²) in [4.78, 5) is 0. The monoisotopic (exact) mass is 302 g/mol. The topological polar surface area (TPSA) is 52.0 Å². The van der Waals surface area contributed by atoms with Crippen LogP contribution in [0, 0.1) is 12.7 Å². The number of nitrogen functional groups attached to an aromatic ring is 1. The van der Waals surface area contributed by atoms with Gasteiger partial charge in [-0.15, -0.1) is 0 Å². The maximum absolute atomic E-state index is 14.2. The maximum atomic E-state index is 14.2. The standard InChI is InChI=1S/C16H12ClFN2O/c1-9-6-7-11(13(18)8-9)15-14(16(19)20-21-15)10-4-2-3-5-12(10)17/h2-8H,1H3,(H2,19,20). The molecule has 0 unspecified atom stereocenters. The van der Waals surface area contributed by atoms with Crippen LogP contribution in [0.2, 0.25) is 5.02 Å². The second kappa shape index (κ2) is 5.22. The van der Waals surface area contributed by atoms with Gasteiger partial charge in [0.25, 0.3) is 0 Å². The fourth-order valence-electron chi connectivity index (χ4n) is 2.21. The summed E-state index contributed by atoms with van der Waals surface area (Å²) in [5, 5.41) is 4.25. The van der Waals surface area contributed by atoms with Crippen LogP contribution in [0.25, 0.3) is 22.5 Å². The van der Waals surface area contributed by atoms with Gasteiger partial charge in [0.05, 0.1) is 11.1 Å². The molecule has 1 heterocycles. The number of aromatic nitrogens is 1. The molecule has 0 fully saturated rings. The number of nitrogens with two attached hydrogens (primary N) is 1. The molecule has 0 amide bonds. The third-order valence-corrected chi connectivity index (χ3v) is 3.56. The summed E-state index contributed by atoms with van der Waals surface area (Å²) in [7, 11) is 0. The van der Waals surface area contributed by atoms with E-state index in [-0.39, 0.29) is 17.4 Å². The Bertz CT molecular complexity index is 814. The van der Waals surface area contributed by atoms with E-state index in [2.05, 4.69) is 5.16 Å². The smallest absolute Gasteiger partial charge is 0.179 e. The van der Waals surface area contributed by atoms with Gasteiger partial charge in [0.1, 0.15) is 5.82 Å². The molecule has 1 aromatic heterocycles. The van der Waals surface area contributed by atoms with E-state index < -0.39 is 0 Å². The van der Waals surface area contributed by atoms with Crippen LogP contribution in [0.5, 0.6) is 0 Å². The van der Waals surface area contributed by atoms with E-state index in [1.165, 1.54) is 6.07 Å². The summed E-state index contributed by atoms with van der Waals surface area (Å²) < 4.78 is 19.4. The number of anilines is 1. The molecule has 0 aliphatic carbocycles. The molecule has 0 aliphatic rings. The molecule has 0 atom stereocenters. The number of hydrogen-bond donors (Lipinski definition) is 1. The van der Waals surface area contributed by atoms with Crippen molar-refractivity contribution in [1.29, 1.82) is 0 Å². The van der Waals surface area contributed by atoms with Gasteiger partial charge in [-0.05, 0) is 30.7 Å². The zero-order valence-corrected chi connectivity index (χ0v) is 12.0. The van der Waals surface area contributed by atoms with Crippen LogP contribution >= 0.6 is 11.6 Å². The van der Waals surface area contributed by atoms with Crippen LogP contribution in [0.1, 0.15) is 5.56 Å². The van der Waals surface area contributed by atoms with Gasteiger partial charge in [0.2, 0.25) is 0 Å². The first-order valence-corrected chi connectivity index (χ1v) is 6.72. The highest BCUT2D eigenvalue weighted by Gasteiger charge is 2.21. The predicted molar refractivity (Wildman–Crippen MR) is 81.5 cm³/mol. The van der Waals surface area contributed by atoms with Crippen molar-refractivity contribution in [3.63, 3.8) is 0 Å². The Morgan fingerprint density at radius 3 is 2.62 bits per heavy atom. The van der Waals surface area contributed by atoms with Crippen LogP contribution in [-0.4, -0.2) is 5.16 Å². The van der Waals surface area contributed by atoms with Gasteiger partial charge in [0.15, 0.2) is 11.6 Å². The molecule has 0 spiro atoms. The summed E-state index contributed by atoms with van der Waals surface area (Å²) >= 11 is 6.19. The molecule has 2 aromatic carbocycles. The minimum atomic E-state index is -0.389. The molecule has 0 aliphatic heterocycles. The first-order valence-electron chi connectivity index (χ1n) is 6.34. The van der Waals surface area contributed by atoms with Crippen molar-refractivity contribution in [2.45, 2.75) is 6.92 Å². The van der Waals surface area contributed by atoms with Gasteiger partial charge < -0.3 is 10.3 Å². The predicted octanol–water partition coefficient (Wildman–Crippen LogP) is 4.69. The Morgan fingerprint density at radius 2 is 1.90 bits per heavy atom. The molecule has 0 saturated heterocycles. The molecule has 21 heavy (non-hydrogen) atoms. The number of rotatable bonds is 2. The Kier molecular flexibility index (Phi) is 3.39. The number of aryl methyl sites for hydroxylation is 1. The van der Waals surface area contributed by atoms with Crippen LogP contribution < -0.4 is 5.73 Å². The Balaban J connectivity index is 2.25. The van der Waals surface area contributed by atoms with Gasteiger partial charge in [-0.2, -0.15) is 0 Å². The summed E-state index contributed by atoms with van der Waals surface area (Å²) in [6.45, 7) is 1.82. The van der Waals surface area contributed by atoms with Gasteiger partial charge in [-0.3, -0.25) is 0 Å². The van der Waals surface area contributed by atoms with E-state index in [4.69, 9.17) is 21.9 Å². The van der Waals surface area contributed by atoms with E-state index in [9.17, 15) is 4.39 Å². The van der Waals surface area contributed by atoms with Crippen LogP contribution in [0.15, 0.2) is 47.0 Å². The fourth-order valence-corrected chi connectivity index (χ4v) is 2.45. The van der Waals surface area contributed by atoms with Crippen molar-refractivity contribution in [1.82, 2.24) is 5.16 Å². The van der Waals surface area contributed by atoms with Crippen molar-refractivity contribution in [3.05, 3.63) is 58.9 Å². The van der Waals surface area contributed by atoms with Gasteiger partial charge in [-0.25, -0.2) is 4.39 Å². The quantitative estimate of drug-likeness (QED) is 0.747. The molecule has 2 N–H and O–H groups in total. The molecule has 3 rings (SSSR count). The zero-order chi connectivity index (χ0) is 15.0. The highest BCUT2D eigenvalue weighted by atomic mass is 35.5. The number of nitrogens with zero attached hydrogens (tertiary/aromatic N) is 1. The average molecular weight is 303 g/mol.